The van der Waals surface area contributed by atoms with E-state index in [4.69, 9.17) is 4.74 Å². The molecule has 0 unspecified atom stereocenters. The molecule has 1 amide bonds. The van der Waals surface area contributed by atoms with Gasteiger partial charge >= 0.3 is 0 Å². The number of carbonyl (C=O) groups excluding carboxylic acids is 1. The predicted octanol–water partition coefficient (Wildman–Crippen LogP) is 4.36. The maximum atomic E-state index is 12.9. The van der Waals surface area contributed by atoms with Crippen LogP contribution in [-0.2, 0) is 12.8 Å². The Labute approximate surface area is 185 Å². The number of H-pyrrole nitrogens is 1. The van der Waals surface area contributed by atoms with Gasteiger partial charge in [-0.2, -0.15) is 0 Å². The molecule has 2 aromatic carbocycles. The van der Waals surface area contributed by atoms with Crippen LogP contribution in [0.25, 0.3) is 10.9 Å². The molecule has 0 radical (unpaired) electrons. The summed E-state index contributed by atoms with van der Waals surface area (Å²) in [6.45, 7) is 7.87. The third-order valence-electron chi connectivity index (χ3n) is 6.72. The summed E-state index contributed by atoms with van der Waals surface area (Å²) in [5.41, 5.74) is 7.16. The van der Waals surface area contributed by atoms with E-state index in [0.717, 1.165) is 62.3 Å². The van der Waals surface area contributed by atoms with Crippen molar-refractivity contribution in [2.45, 2.75) is 33.1 Å². The second-order valence-corrected chi connectivity index (χ2v) is 8.71. The van der Waals surface area contributed by atoms with Crippen LogP contribution < -0.4 is 4.74 Å². The van der Waals surface area contributed by atoms with Gasteiger partial charge in [0.1, 0.15) is 5.75 Å². The fraction of sp³-hybridized carbons (Fsp3) is 0.423. The van der Waals surface area contributed by atoms with Crippen LogP contribution in [-0.4, -0.2) is 61.0 Å². The van der Waals surface area contributed by atoms with Crippen LogP contribution in [0.1, 0.15) is 39.0 Å². The molecule has 4 rings (SSSR count). The Morgan fingerprint density at radius 2 is 2.00 bits per heavy atom. The van der Waals surface area contributed by atoms with Gasteiger partial charge < -0.3 is 19.5 Å². The molecule has 0 atom stereocenters. The van der Waals surface area contributed by atoms with E-state index in [0.29, 0.717) is 0 Å². The third kappa shape index (κ3) is 4.47. The van der Waals surface area contributed by atoms with Crippen LogP contribution in [0.2, 0.25) is 0 Å². The number of aromatic amines is 1. The number of ether oxygens (including phenoxy) is 1. The lowest BCUT2D eigenvalue weighted by atomic mass is 9.91. The largest absolute Gasteiger partial charge is 0.497 e. The molecule has 0 saturated carbocycles. The summed E-state index contributed by atoms with van der Waals surface area (Å²) >= 11 is 0. The number of nitrogens with zero attached hydrogens (tertiary/aromatic N) is 2. The Balaban J connectivity index is 1.28. The summed E-state index contributed by atoms with van der Waals surface area (Å²) < 4.78 is 5.37. The standard InChI is InChI=1S/C26H33N3O2/c1-18-6-8-23-22(19(18)2)11-15-29(26(23)30)13-5-12-28(3)14-10-20-17-27-25-9-7-21(31-4)16-24(20)25/h6-9,16-17,27H,5,10-15H2,1-4H3. The molecule has 3 aromatic rings. The highest BCUT2D eigenvalue weighted by Gasteiger charge is 2.25. The van der Waals surface area contributed by atoms with Crippen molar-refractivity contribution in [3.05, 3.63) is 64.3 Å². The van der Waals surface area contributed by atoms with Gasteiger partial charge in [0.2, 0.25) is 0 Å². The molecule has 1 aliphatic heterocycles. The van der Waals surface area contributed by atoms with Gasteiger partial charge in [0.15, 0.2) is 0 Å². The van der Waals surface area contributed by atoms with E-state index in [2.05, 4.69) is 55.2 Å². The highest BCUT2D eigenvalue weighted by atomic mass is 16.5. The van der Waals surface area contributed by atoms with Crippen molar-refractivity contribution < 1.29 is 9.53 Å². The van der Waals surface area contributed by atoms with Crippen molar-refractivity contribution in [3.63, 3.8) is 0 Å². The Morgan fingerprint density at radius 1 is 1.16 bits per heavy atom. The van der Waals surface area contributed by atoms with E-state index in [9.17, 15) is 4.79 Å². The van der Waals surface area contributed by atoms with E-state index in [1.54, 1.807) is 7.11 Å². The van der Waals surface area contributed by atoms with Crippen LogP contribution in [0.15, 0.2) is 36.5 Å². The number of benzene rings is 2. The van der Waals surface area contributed by atoms with Crippen LogP contribution in [0, 0.1) is 13.8 Å². The SMILES string of the molecule is COc1ccc2[nH]cc(CCN(C)CCCN3CCc4c(ccc(C)c4C)C3=O)c2c1. The fourth-order valence-corrected chi connectivity index (χ4v) is 4.57. The molecule has 0 bridgehead atoms. The molecule has 31 heavy (non-hydrogen) atoms. The van der Waals surface area contributed by atoms with Crippen molar-refractivity contribution in [2.75, 3.05) is 40.3 Å². The number of amides is 1. The lowest BCUT2D eigenvalue weighted by Gasteiger charge is -2.30. The fourth-order valence-electron chi connectivity index (χ4n) is 4.57. The van der Waals surface area contributed by atoms with Gasteiger partial charge in [-0.1, -0.05) is 6.07 Å². The van der Waals surface area contributed by atoms with Crippen molar-refractivity contribution in [2.24, 2.45) is 0 Å². The second-order valence-electron chi connectivity index (χ2n) is 8.71. The number of likely N-dealkylation sites (N-methyl/N-ethyl adjacent to an activating group) is 1. The number of rotatable bonds is 8. The van der Waals surface area contributed by atoms with E-state index < -0.39 is 0 Å². The molecule has 0 spiro atoms. The lowest BCUT2D eigenvalue weighted by Crippen LogP contribution is -2.39. The molecule has 0 saturated heterocycles. The Hall–Kier alpha value is -2.79. The topological polar surface area (TPSA) is 48.6 Å². The summed E-state index contributed by atoms with van der Waals surface area (Å²) in [5, 5.41) is 1.23. The molecule has 164 valence electrons. The summed E-state index contributed by atoms with van der Waals surface area (Å²) in [6.07, 6.45) is 5.04. The van der Waals surface area contributed by atoms with Gasteiger partial charge in [0.05, 0.1) is 7.11 Å². The first-order valence-electron chi connectivity index (χ1n) is 11.2. The summed E-state index contributed by atoms with van der Waals surface area (Å²) in [5.74, 6) is 1.08. The summed E-state index contributed by atoms with van der Waals surface area (Å²) in [4.78, 5) is 20.6. The zero-order valence-electron chi connectivity index (χ0n) is 19.1. The van der Waals surface area contributed by atoms with E-state index >= 15 is 0 Å². The van der Waals surface area contributed by atoms with Crippen LogP contribution in [0.3, 0.4) is 0 Å². The average molecular weight is 420 g/mol. The molecular formula is C26H33N3O2. The Morgan fingerprint density at radius 3 is 2.81 bits per heavy atom. The lowest BCUT2D eigenvalue weighted by molar-refractivity contribution is 0.0733. The number of hydrogen-bond acceptors (Lipinski definition) is 3. The zero-order valence-corrected chi connectivity index (χ0v) is 19.1. The second kappa shape index (κ2) is 9.15. The minimum absolute atomic E-state index is 0.194. The maximum Gasteiger partial charge on any atom is 0.254 e. The van der Waals surface area contributed by atoms with E-state index in [1.165, 1.54) is 27.6 Å². The van der Waals surface area contributed by atoms with Crippen molar-refractivity contribution >= 4 is 16.8 Å². The van der Waals surface area contributed by atoms with Crippen molar-refractivity contribution in [1.82, 2.24) is 14.8 Å². The molecular weight excluding hydrogens is 386 g/mol. The van der Waals surface area contributed by atoms with Gasteiger partial charge in [-0.05, 0) is 93.2 Å². The first-order valence-corrected chi connectivity index (χ1v) is 11.2. The highest BCUT2D eigenvalue weighted by Crippen LogP contribution is 2.25. The van der Waals surface area contributed by atoms with Crippen LogP contribution >= 0.6 is 0 Å². The Bertz CT molecular complexity index is 1090. The average Bonchev–Trinajstić information content (AvgIpc) is 3.18. The highest BCUT2D eigenvalue weighted by molar-refractivity contribution is 5.97. The van der Waals surface area contributed by atoms with Gasteiger partial charge in [-0.15, -0.1) is 0 Å². The van der Waals surface area contributed by atoms with Gasteiger partial charge in [-0.25, -0.2) is 0 Å². The zero-order chi connectivity index (χ0) is 22.0. The number of carbonyl (C=O) groups is 1. The minimum atomic E-state index is 0.194. The van der Waals surface area contributed by atoms with Crippen LogP contribution in [0.5, 0.6) is 5.75 Å². The third-order valence-corrected chi connectivity index (χ3v) is 6.72. The molecule has 1 aliphatic rings. The van der Waals surface area contributed by atoms with Gasteiger partial charge in [-0.3, -0.25) is 4.79 Å². The summed E-state index contributed by atoms with van der Waals surface area (Å²) in [7, 11) is 3.87. The van der Waals surface area contributed by atoms with Gasteiger partial charge in [0.25, 0.3) is 5.91 Å². The first-order chi connectivity index (χ1) is 15.0. The molecule has 1 aromatic heterocycles. The number of nitrogens with one attached hydrogen (secondary N) is 1. The normalized spacial score (nSPS) is 13.8. The summed E-state index contributed by atoms with van der Waals surface area (Å²) in [6, 6.07) is 10.2. The monoisotopic (exact) mass is 419 g/mol. The number of aryl methyl sites for hydroxylation is 1. The number of fused-ring (bicyclic) bond motifs is 2. The molecule has 1 N–H and O–H groups in total. The molecule has 0 fully saturated rings. The van der Waals surface area contributed by atoms with Crippen LogP contribution in [0.4, 0.5) is 0 Å². The van der Waals surface area contributed by atoms with Gasteiger partial charge in [0, 0.05) is 42.3 Å². The molecule has 0 aliphatic carbocycles. The first kappa shape index (κ1) is 21.4. The Kier molecular flexibility index (Phi) is 6.33. The van der Waals surface area contributed by atoms with Crippen molar-refractivity contribution in [3.8, 4) is 5.75 Å². The maximum absolute atomic E-state index is 12.9. The predicted molar refractivity (Wildman–Crippen MR) is 126 cm³/mol. The van der Waals surface area contributed by atoms with E-state index in [-0.39, 0.29) is 5.91 Å². The number of methoxy groups -OCH3 is 1. The molecule has 2 heterocycles. The number of hydrogen-bond donors (Lipinski definition) is 1. The smallest absolute Gasteiger partial charge is 0.254 e. The molecule has 5 nitrogen and oxygen atoms in total. The molecule has 5 heteroatoms. The quantitative estimate of drug-likeness (QED) is 0.590. The van der Waals surface area contributed by atoms with E-state index in [1.807, 2.05) is 17.0 Å². The van der Waals surface area contributed by atoms with Crippen molar-refractivity contribution in [1.29, 1.82) is 0 Å². The minimum Gasteiger partial charge on any atom is -0.497 e. The number of aromatic nitrogens is 1.